The number of hydrogen-bond acceptors (Lipinski definition) is 4. The van der Waals surface area contributed by atoms with Gasteiger partial charge in [0.1, 0.15) is 5.78 Å². The van der Waals surface area contributed by atoms with Crippen molar-refractivity contribution >= 4 is 23.3 Å². The summed E-state index contributed by atoms with van der Waals surface area (Å²) in [5.74, 6) is -0.580. The molecule has 0 saturated heterocycles. The summed E-state index contributed by atoms with van der Waals surface area (Å²) < 4.78 is 5.23. The lowest BCUT2D eigenvalue weighted by Gasteiger charge is -2.36. The van der Waals surface area contributed by atoms with Crippen molar-refractivity contribution in [3.8, 4) is 0 Å². The van der Waals surface area contributed by atoms with E-state index in [-0.39, 0.29) is 36.2 Å². The zero-order valence-electron chi connectivity index (χ0n) is 14.6. The van der Waals surface area contributed by atoms with Crippen molar-refractivity contribution in [1.82, 2.24) is 0 Å². The molecule has 1 N–H and O–H groups in total. The molecule has 2 bridgehead atoms. The van der Waals surface area contributed by atoms with Gasteiger partial charge < -0.3 is 10.1 Å². The fraction of sp³-hybridized carbons (Fsp3) is 0.550. The molecule has 1 aromatic rings. The zero-order valence-corrected chi connectivity index (χ0v) is 14.6. The molecule has 0 aromatic heterocycles. The van der Waals surface area contributed by atoms with Crippen LogP contribution in [-0.4, -0.2) is 24.3 Å². The Kier molecular flexibility index (Phi) is 5.51. The standard InChI is InChI=1S/C20H25NO4/c1-2-13-6-3-4-9-17(13)21-18(22)12-25-20(24)16-10-14-7-5-8-15(11-16)19(14)23/h3-4,6,9,14-16H,2,5,7-8,10-12H2,1H3,(H,21,22)/t14-,15+,16?. The number of carbonyl (C=O) groups excluding carboxylic acids is 3. The van der Waals surface area contributed by atoms with E-state index < -0.39 is 0 Å². The van der Waals surface area contributed by atoms with Gasteiger partial charge in [0.25, 0.3) is 5.91 Å². The van der Waals surface area contributed by atoms with Gasteiger partial charge in [0.15, 0.2) is 6.61 Å². The Morgan fingerprint density at radius 3 is 2.52 bits per heavy atom. The summed E-state index contributed by atoms with van der Waals surface area (Å²) in [6.45, 7) is 1.74. The number of esters is 1. The van der Waals surface area contributed by atoms with Gasteiger partial charge in [-0.15, -0.1) is 0 Å². The number of rotatable bonds is 5. The first-order valence-electron chi connectivity index (χ1n) is 9.16. The van der Waals surface area contributed by atoms with E-state index in [1.54, 1.807) is 0 Å². The monoisotopic (exact) mass is 343 g/mol. The van der Waals surface area contributed by atoms with Crippen LogP contribution in [0.3, 0.4) is 0 Å². The van der Waals surface area contributed by atoms with Crippen molar-refractivity contribution in [2.45, 2.75) is 45.4 Å². The van der Waals surface area contributed by atoms with Crippen molar-refractivity contribution in [1.29, 1.82) is 0 Å². The summed E-state index contributed by atoms with van der Waals surface area (Å²) in [6, 6.07) is 7.58. The second-order valence-electron chi connectivity index (χ2n) is 7.06. The molecule has 1 aromatic carbocycles. The number of carbonyl (C=O) groups is 3. The van der Waals surface area contributed by atoms with Gasteiger partial charge in [-0.25, -0.2) is 0 Å². The van der Waals surface area contributed by atoms with Crippen LogP contribution in [0.4, 0.5) is 5.69 Å². The predicted molar refractivity (Wildman–Crippen MR) is 94.0 cm³/mol. The molecule has 0 heterocycles. The number of ketones is 1. The Labute approximate surface area is 148 Å². The molecular weight excluding hydrogens is 318 g/mol. The lowest BCUT2D eigenvalue weighted by Crippen LogP contribution is -2.40. The number of nitrogens with one attached hydrogen (secondary N) is 1. The molecule has 2 aliphatic rings. The minimum absolute atomic E-state index is 0.00954. The van der Waals surface area contributed by atoms with Gasteiger partial charge in [0.2, 0.25) is 0 Å². The first-order chi connectivity index (χ1) is 12.1. The molecule has 0 aliphatic heterocycles. The molecule has 25 heavy (non-hydrogen) atoms. The maximum Gasteiger partial charge on any atom is 0.309 e. The van der Waals surface area contributed by atoms with Crippen LogP contribution >= 0.6 is 0 Å². The van der Waals surface area contributed by atoms with Crippen LogP contribution in [0.15, 0.2) is 24.3 Å². The lowest BCUT2D eigenvalue weighted by atomic mass is 9.67. The molecule has 134 valence electrons. The summed E-state index contributed by atoms with van der Waals surface area (Å²) in [5, 5.41) is 2.80. The number of fused-ring (bicyclic) bond motifs is 2. The van der Waals surface area contributed by atoms with Crippen LogP contribution in [-0.2, 0) is 25.5 Å². The molecular formula is C20H25NO4. The highest BCUT2D eigenvalue weighted by atomic mass is 16.5. The molecule has 5 nitrogen and oxygen atoms in total. The Morgan fingerprint density at radius 1 is 1.16 bits per heavy atom. The summed E-state index contributed by atoms with van der Waals surface area (Å²) in [5.41, 5.74) is 1.80. The number of ether oxygens (including phenoxy) is 1. The summed E-state index contributed by atoms with van der Waals surface area (Å²) in [4.78, 5) is 36.5. The lowest BCUT2D eigenvalue weighted by molar-refractivity contribution is -0.155. The molecule has 2 saturated carbocycles. The van der Waals surface area contributed by atoms with Crippen LogP contribution in [0.1, 0.15) is 44.6 Å². The number of para-hydroxylation sites is 1. The van der Waals surface area contributed by atoms with Gasteiger partial charge in [-0.3, -0.25) is 14.4 Å². The van der Waals surface area contributed by atoms with Crippen molar-refractivity contribution in [3.05, 3.63) is 29.8 Å². The maximum atomic E-state index is 12.3. The predicted octanol–water partition coefficient (Wildman–Crippen LogP) is 3.13. The smallest absolute Gasteiger partial charge is 0.309 e. The second kappa shape index (κ2) is 7.81. The number of amides is 1. The minimum atomic E-state index is -0.344. The first kappa shape index (κ1) is 17.6. The molecule has 3 atom stereocenters. The molecule has 2 fully saturated rings. The highest BCUT2D eigenvalue weighted by Gasteiger charge is 2.41. The van der Waals surface area contributed by atoms with Crippen LogP contribution in [0, 0.1) is 17.8 Å². The number of anilines is 1. The van der Waals surface area contributed by atoms with Gasteiger partial charge in [-0.05, 0) is 43.7 Å². The van der Waals surface area contributed by atoms with E-state index in [9.17, 15) is 14.4 Å². The Hall–Kier alpha value is -2.17. The van der Waals surface area contributed by atoms with Gasteiger partial charge in [0.05, 0.1) is 5.92 Å². The van der Waals surface area contributed by atoms with Crippen molar-refractivity contribution in [3.63, 3.8) is 0 Å². The molecule has 2 aliphatic carbocycles. The van der Waals surface area contributed by atoms with Gasteiger partial charge in [-0.1, -0.05) is 31.5 Å². The molecule has 5 heteroatoms. The van der Waals surface area contributed by atoms with E-state index in [0.29, 0.717) is 18.6 Å². The van der Waals surface area contributed by atoms with Crippen LogP contribution in [0.5, 0.6) is 0 Å². The number of hydrogen-bond donors (Lipinski definition) is 1. The van der Waals surface area contributed by atoms with Crippen LogP contribution in [0.2, 0.25) is 0 Å². The van der Waals surface area contributed by atoms with Gasteiger partial charge >= 0.3 is 5.97 Å². The molecule has 3 rings (SSSR count). The average Bonchev–Trinajstić information content (AvgIpc) is 2.60. The van der Waals surface area contributed by atoms with Crippen molar-refractivity contribution in [2.24, 2.45) is 17.8 Å². The summed E-state index contributed by atoms with van der Waals surface area (Å²) in [6.07, 6.45) is 4.81. The number of benzene rings is 1. The molecule has 0 spiro atoms. The Bertz CT molecular complexity index is 653. The van der Waals surface area contributed by atoms with E-state index in [2.05, 4.69) is 5.32 Å². The largest absolute Gasteiger partial charge is 0.455 e. The fourth-order valence-electron chi connectivity index (χ4n) is 4.06. The van der Waals surface area contributed by atoms with E-state index in [1.165, 1.54) is 0 Å². The average molecular weight is 343 g/mol. The number of aryl methyl sites for hydroxylation is 1. The summed E-state index contributed by atoms with van der Waals surface area (Å²) in [7, 11) is 0. The maximum absolute atomic E-state index is 12.3. The molecule has 1 amide bonds. The van der Waals surface area contributed by atoms with Gasteiger partial charge in [0, 0.05) is 17.5 Å². The van der Waals surface area contributed by atoms with E-state index in [0.717, 1.165) is 36.9 Å². The SMILES string of the molecule is CCc1ccccc1NC(=O)COC(=O)C1C[C@H]2CCC[C@@H](C1)C2=O. The van der Waals surface area contributed by atoms with Crippen molar-refractivity contribution < 1.29 is 19.1 Å². The minimum Gasteiger partial charge on any atom is -0.455 e. The fourth-order valence-corrected chi connectivity index (χ4v) is 4.06. The second-order valence-corrected chi connectivity index (χ2v) is 7.06. The van der Waals surface area contributed by atoms with Crippen LogP contribution < -0.4 is 5.32 Å². The number of Topliss-reactive ketones (excluding diaryl/α,β-unsaturated/α-hetero) is 1. The quantitative estimate of drug-likeness (QED) is 0.834. The third-order valence-electron chi connectivity index (χ3n) is 5.40. The van der Waals surface area contributed by atoms with Crippen molar-refractivity contribution in [2.75, 3.05) is 11.9 Å². The topological polar surface area (TPSA) is 72.5 Å². The van der Waals surface area contributed by atoms with E-state index in [4.69, 9.17) is 4.74 Å². The zero-order chi connectivity index (χ0) is 17.8. The Morgan fingerprint density at radius 2 is 1.84 bits per heavy atom. The first-order valence-corrected chi connectivity index (χ1v) is 9.16. The van der Waals surface area contributed by atoms with E-state index in [1.807, 2.05) is 31.2 Å². The van der Waals surface area contributed by atoms with E-state index >= 15 is 0 Å². The van der Waals surface area contributed by atoms with Crippen LogP contribution in [0.25, 0.3) is 0 Å². The molecule has 1 unspecified atom stereocenters. The third-order valence-corrected chi connectivity index (χ3v) is 5.40. The Balaban J connectivity index is 1.50. The molecule has 0 radical (unpaired) electrons. The normalized spacial score (nSPS) is 25.3. The van der Waals surface area contributed by atoms with Gasteiger partial charge in [-0.2, -0.15) is 0 Å². The third kappa shape index (κ3) is 4.09. The highest BCUT2D eigenvalue weighted by Crippen LogP contribution is 2.40. The highest BCUT2D eigenvalue weighted by molar-refractivity contribution is 5.94. The summed E-state index contributed by atoms with van der Waals surface area (Å²) >= 11 is 0.